The maximum absolute atomic E-state index is 12.4. The van der Waals surface area contributed by atoms with E-state index >= 15 is 0 Å². The molecule has 0 unspecified atom stereocenters. The van der Waals surface area contributed by atoms with Gasteiger partial charge in [0, 0.05) is 41.9 Å². The first-order valence-corrected chi connectivity index (χ1v) is 8.20. The van der Waals surface area contributed by atoms with E-state index in [-0.39, 0.29) is 5.43 Å². The molecule has 4 heterocycles. The van der Waals surface area contributed by atoms with Gasteiger partial charge in [-0.05, 0) is 12.1 Å². The van der Waals surface area contributed by atoms with Crippen molar-refractivity contribution in [2.75, 3.05) is 36.9 Å². The Labute approximate surface area is 136 Å². The molecule has 1 saturated heterocycles. The molecular weight excluding hydrogens is 314 g/mol. The Morgan fingerprint density at radius 1 is 1.26 bits per heavy atom. The van der Waals surface area contributed by atoms with Crippen molar-refractivity contribution in [2.45, 2.75) is 0 Å². The minimum Gasteiger partial charge on any atom is -0.439 e. The van der Waals surface area contributed by atoms with Crippen molar-refractivity contribution in [1.82, 2.24) is 4.98 Å². The van der Waals surface area contributed by atoms with Crippen LogP contribution >= 0.6 is 11.3 Å². The first kappa shape index (κ1) is 14.2. The molecule has 0 radical (unpaired) electrons. The van der Waals surface area contributed by atoms with Gasteiger partial charge in [-0.2, -0.15) is 0 Å². The number of rotatable bonds is 2. The Morgan fingerprint density at radius 3 is 2.83 bits per heavy atom. The summed E-state index contributed by atoms with van der Waals surface area (Å²) in [6.45, 7) is 2.72. The van der Waals surface area contributed by atoms with Gasteiger partial charge in [-0.1, -0.05) is 0 Å². The quantitative estimate of drug-likeness (QED) is 0.777. The van der Waals surface area contributed by atoms with Crippen molar-refractivity contribution in [2.24, 2.45) is 0 Å². The largest absolute Gasteiger partial charge is 0.439 e. The molecule has 6 nitrogen and oxygen atoms in total. The molecule has 0 aliphatic carbocycles. The number of aromatic nitrogens is 1. The van der Waals surface area contributed by atoms with E-state index in [9.17, 15) is 4.79 Å². The minimum absolute atomic E-state index is 0.0209. The van der Waals surface area contributed by atoms with E-state index in [2.05, 4.69) is 4.98 Å². The van der Waals surface area contributed by atoms with E-state index in [1.807, 2.05) is 16.3 Å². The van der Waals surface area contributed by atoms with Gasteiger partial charge < -0.3 is 19.8 Å². The average molecular weight is 329 g/mol. The summed E-state index contributed by atoms with van der Waals surface area (Å²) in [6.07, 6.45) is 1.69. The predicted molar refractivity (Wildman–Crippen MR) is 91.0 cm³/mol. The molecule has 1 aliphatic heterocycles. The maximum Gasteiger partial charge on any atom is 0.204 e. The van der Waals surface area contributed by atoms with Crippen LogP contribution in [0.4, 0.5) is 11.7 Å². The summed E-state index contributed by atoms with van der Waals surface area (Å²) in [5, 5.41) is 1.92. The van der Waals surface area contributed by atoms with Crippen molar-refractivity contribution in [1.29, 1.82) is 0 Å². The number of nitrogens with two attached hydrogens (primary N) is 1. The van der Waals surface area contributed by atoms with E-state index in [0.29, 0.717) is 35.2 Å². The number of thiophene rings is 1. The maximum atomic E-state index is 12.4. The van der Waals surface area contributed by atoms with Crippen molar-refractivity contribution in [3.63, 3.8) is 0 Å². The smallest absolute Gasteiger partial charge is 0.204 e. The second-order valence-corrected chi connectivity index (χ2v) is 6.21. The topological polar surface area (TPSA) is 81.6 Å². The predicted octanol–water partition coefficient (Wildman–Crippen LogP) is 2.34. The van der Waals surface area contributed by atoms with Crippen LogP contribution in [0.2, 0.25) is 0 Å². The van der Waals surface area contributed by atoms with Gasteiger partial charge in [0.25, 0.3) is 0 Å². The van der Waals surface area contributed by atoms with Crippen LogP contribution in [0.25, 0.3) is 21.4 Å². The lowest BCUT2D eigenvalue weighted by Gasteiger charge is -2.27. The number of nitrogens with zero attached hydrogens (tertiary/aromatic N) is 2. The summed E-state index contributed by atoms with van der Waals surface area (Å²) in [4.78, 5) is 18.5. The molecule has 3 aromatic rings. The van der Waals surface area contributed by atoms with Crippen molar-refractivity contribution in [3.05, 3.63) is 40.0 Å². The molecule has 2 N–H and O–H groups in total. The molecule has 7 heteroatoms. The van der Waals surface area contributed by atoms with Gasteiger partial charge in [-0.15, -0.1) is 11.3 Å². The molecule has 0 saturated carbocycles. The lowest BCUT2D eigenvalue weighted by Crippen LogP contribution is -2.36. The summed E-state index contributed by atoms with van der Waals surface area (Å²) in [5.41, 5.74) is 7.97. The van der Waals surface area contributed by atoms with E-state index < -0.39 is 0 Å². The number of nitrogen functional groups attached to an aromatic ring is 1. The normalized spacial score (nSPS) is 15.2. The number of hydrogen-bond donors (Lipinski definition) is 1. The third kappa shape index (κ3) is 2.58. The lowest BCUT2D eigenvalue weighted by molar-refractivity contribution is 0.121. The number of anilines is 2. The van der Waals surface area contributed by atoms with E-state index in [4.69, 9.17) is 14.9 Å². The Hall–Kier alpha value is -2.38. The monoisotopic (exact) mass is 329 g/mol. The molecule has 1 aliphatic rings. The van der Waals surface area contributed by atoms with Gasteiger partial charge in [-0.3, -0.25) is 4.79 Å². The standard InChI is InChI=1S/C16H15N3O3S/c17-13-2-1-10(8-18-13)11-9-23-16-12(20)7-14(22-15(11)16)19-3-5-21-6-4-19/h1-2,7-9H,3-6H2,(H2,17,18). The summed E-state index contributed by atoms with van der Waals surface area (Å²) >= 11 is 1.39. The summed E-state index contributed by atoms with van der Waals surface area (Å²) < 4.78 is 12.0. The van der Waals surface area contributed by atoms with Crippen molar-refractivity contribution in [3.8, 4) is 11.1 Å². The first-order chi connectivity index (χ1) is 11.2. The average Bonchev–Trinajstić information content (AvgIpc) is 3.01. The van der Waals surface area contributed by atoms with Crippen molar-refractivity contribution >= 4 is 33.3 Å². The molecule has 0 spiro atoms. The molecule has 3 aromatic heterocycles. The molecule has 1 fully saturated rings. The van der Waals surface area contributed by atoms with E-state index in [1.165, 1.54) is 11.3 Å². The van der Waals surface area contributed by atoms with Gasteiger partial charge in [0.2, 0.25) is 5.43 Å². The van der Waals surface area contributed by atoms with Crippen LogP contribution in [0, 0.1) is 0 Å². The van der Waals surface area contributed by atoms with Crippen LogP contribution in [0.15, 0.2) is 39.0 Å². The number of ether oxygens (including phenoxy) is 1. The zero-order valence-corrected chi connectivity index (χ0v) is 13.1. The second-order valence-electron chi connectivity index (χ2n) is 5.33. The third-order valence-electron chi connectivity index (χ3n) is 3.85. The van der Waals surface area contributed by atoms with Crippen LogP contribution in [-0.4, -0.2) is 31.3 Å². The Kier molecular flexibility index (Phi) is 3.51. The SMILES string of the molecule is Nc1ccc(-c2csc3c(=O)cc(N4CCOCC4)oc23)cn1. The van der Waals surface area contributed by atoms with Crippen molar-refractivity contribution < 1.29 is 9.15 Å². The zero-order chi connectivity index (χ0) is 15.8. The minimum atomic E-state index is -0.0209. The molecule has 118 valence electrons. The molecule has 4 rings (SSSR count). The van der Waals surface area contributed by atoms with Gasteiger partial charge in [0.05, 0.1) is 13.2 Å². The van der Waals surface area contributed by atoms with Crippen LogP contribution in [-0.2, 0) is 4.74 Å². The molecule has 0 aromatic carbocycles. The summed E-state index contributed by atoms with van der Waals surface area (Å²) in [6, 6.07) is 5.18. The Balaban J connectivity index is 1.84. The van der Waals surface area contributed by atoms with Crippen LogP contribution in [0.5, 0.6) is 0 Å². The van der Waals surface area contributed by atoms with Gasteiger partial charge in [-0.25, -0.2) is 4.98 Å². The summed E-state index contributed by atoms with van der Waals surface area (Å²) in [5.74, 6) is 1.05. The highest BCUT2D eigenvalue weighted by molar-refractivity contribution is 7.17. The zero-order valence-electron chi connectivity index (χ0n) is 12.3. The molecular formula is C16H15N3O3S. The molecule has 0 bridgehead atoms. The third-order valence-corrected chi connectivity index (χ3v) is 4.83. The lowest BCUT2D eigenvalue weighted by atomic mass is 10.1. The van der Waals surface area contributed by atoms with E-state index in [0.717, 1.165) is 24.2 Å². The highest BCUT2D eigenvalue weighted by Crippen LogP contribution is 2.34. The summed E-state index contributed by atoms with van der Waals surface area (Å²) in [7, 11) is 0. The van der Waals surface area contributed by atoms with Gasteiger partial charge >= 0.3 is 0 Å². The van der Waals surface area contributed by atoms with Gasteiger partial charge in [0.1, 0.15) is 10.5 Å². The molecule has 0 atom stereocenters. The van der Waals surface area contributed by atoms with Crippen LogP contribution in [0.3, 0.4) is 0 Å². The fourth-order valence-electron chi connectivity index (χ4n) is 2.63. The fraction of sp³-hybridized carbons (Fsp3) is 0.250. The number of pyridine rings is 1. The first-order valence-electron chi connectivity index (χ1n) is 7.32. The molecule has 23 heavy (non-hydrogen) atoms. The highest BCUT2D eigenvalue weighted by Gasteiger charge is 2.18. The number of morpholine rings is 1. The highest BCUT2D eigenvalue weighted by atomic mass is 32.1. The van der Waals surface area contributed by atoms with Gasteiger partial charge in [0.15, 0.2) is 11.5 Å². The van der Waals surface area contributed by atoms with E-state index in [1.54, 1.807) is 18.3 Å². The molecule has 0 amide bonds. The number of fused-ring (bicyclic) bond motifs is 1. The fourth-order valence-corrected chi connectivity index (χ4v) is 3.55. The van der Waals surface area contributed by atoms with Crippen LogP contribution in [0.1, 0.15) is 0 Å². The van der Waals surface area contributed by atoms with Crippen LogP contribution < -0.4 is 16.1 Å². The Bertz CT molecular complexity index is 895. The second kappa shape index (κ2) is 5.68. The Morgan fingerprint density at radius 2 is 2.09 bits per heavy atom. The number of hydrogen-bond acceptors (Lipinski definition) is 7.